The Kier molecular flexibility index (Phi) is 4.56. The molecule has 0 aliphatic carbocycles. The summed E-state index contributed by atoms with van der Waals surface area (Å²) >= 11 is 0. The first-order valence-electron chi connectivity index (χ1n) is 6.96. The van der Waals surface area contributed by atoms with Crippen LogP contribution in [0.2, 0.25) is 0 Å². The van der Waals surface area contributed by atoms with Crippen LogP contribution in [0.25, 0.3) is 0 Å². The van der Waals surface area contributed by atoms with Crippen LogP contribution >= 0.6 is 0 Å². The molecule has 1 N–H and O–H groups in total. The Morgan fingerprint density at radius 1 is 1.25 bits per heavy atom. The highest BCUT2D eigenvalue weighted by Crippen LogP contribution is 2.30. The second kappa shape index (κ2) is 6.37. The molecule has 0 saturated heterocycles. The normalized spacial score (nSPS) is 10.7. The second-order valence-corrected chi connectivity index (χ2v) is 5.01. The summed E-state index contributed by atoms with van der Waals surface area (Å²) in [5.41, 5.74) is 2.10. The number of rotatable bonds is 5. The maximum absolute atomic E-state index is 6.00. The third-order valence-electron chi connectivity index (χ3n) is 3.01. The third-order valence-corrected chi connectivity index (χ3v) is 3.01. The van der Waals surface area contributed by atoms with Gasteiger partial charge in [0.05, 0.1) is 0 Å². The minimum atomic E-state index is 0.404. The van der Waals surface area contributed by atoms with Crippen LogP contribution in [0.1, 0.15) is 37.8 Å². The molecule has 0 spiro atoms. The van der Waals surface area contributed by atoms with Gasteiger partial charge in [0.2, 0.25) is 11.8 Å². The summed E-state index contributed by atoms with van der Waals surface area (Å²) in [6, 6.07) is 8.06. The molecule has 2 rings (SSSR count). The minimum Gasteiger partial charge on any atom is -0.438 e. The molecule has 0 bridgehead atoms. The lowest BCUT2D eigenvalue weighted by molar-refractivity contribution is 0.450. The third kappa shape index (κ3) is 3.26. The van der Waals surface area contributed by atoms with Gasteiger partial charge in [0, 0.05) is 18.3 Å². The molecule has 20 heavy (non-hydrogen) atoms. The van der Waals surface area contributed by atoms with E-state index in [0.717, 1.165) is 17.9 Å². The van der Waals surface area contributed by atoms with Crippen molar-refractivity contribution in [2.24, 2.45) is 0 Å². The van der Waals surface area contributed by atoms with E-state index < -0.39 is 0 Å². The lowest BCUT2D eigenvalue weighted by Crippen LogP contribution is -2.04. The molecule has 1 aromatic carbocycles. The summed E-state index contributed by atoms with van der Waals surface area (Å²) in [4.78, 5) is 8.64. The number of para-hydroxylation sites is 1. The standard InChI is InChI=1S/C16H21N3O/c1-5-17-16-18-10-12(4)15(19-16)20-14-9-7-6-8-13(14)11(2)3/h6-11H,5H2,1-4H3,(H,17,18,19). The van der Waals surface area contributed by atoms with Crippen LogP contribution in [0.5, 0.6) is 11.6 Å². The highest BCUT2D eigenvalue weighted by atomic mass is 16.5. The first kappa shape index (κ1) is 14.3. The van der Waals surface area contributed by atoms with Crippen molar-refractivity contribution in [3.8, 4) is 11.6 Å². The largest absolute Gasteiger partial charge is 0.438 e. The summed E-state index contributed by atoms with van der Waals surface area (Å²) in [6.07, 6.45) is 1.78. The van der Waals surface area contributed by atoms with E-state index in [4.69, 9.17) is 4.74 Å². The van der Waals surface area contributed by atoms with E-state index in [9.17, 15) is 0 Å². The SMILES string of the molecule is CCNc1ncc(C)c(Oc2ccccc2C(C)C)n1. The van der Waals surface area contributed by atoms with Crippen LogP contribution in [0.4, 0.5) is 5.95 Å². The van der Waals surface area contributed by atoms with Crippen molar-refractivity contribution in [2.45, 2.75) is 33.6 Å². The Morgan fingerprint density at radius 2 is 2.00 bits per heavy atom. The monoisotopic (exact) mass is 271 g/mol. The molecular weight excluding hydrogens is 250 g/mol. The molecule has 2 aromatic rings. The van der Waals surface area contributed by atoms with Crippen molar-refractivity contribution < 1.29 is 4.74 Å². The fraction of sp³-hybridized carbons (Fsp3) is 0.375. The van der Waals surface area contributed by atoms with E-state index in [2.05, 4.69) is 35.2 Å². The van der Waals surface area contributed by atoms with Crippen molar-refractivity contribution in [1.82, 2.24) is 9.97 Å². The molecular formula is C16H21N3O. The Morgan fingerprint density at radius 3 is 2.70 bits per heavy atom. The molecule has 0 amide bonds. The van der Waals surface area contributed by atoms with Gasteiger partial charge in [0.15, 0.2) is 0 Å². The van der Waals surface area contributed by atoms with Crippen LogP contribution in [-0.4, -0.2) is 16.5 Å². The van der Waals surface area contributed by atoms with Crippen molar-refractivity contribution in [3.05, 3.63) is 41.6 Å². The van der Waals surface area contributed by atoms with Crippen LogP contribution in [0.15, 0.2) is 30.5 Å². The Bertz CT molecular complexity index is 582. The van der Waals surface area contributed by atoms with E-state index in [1.54, 1.807) is 6.20 Å². The highest BCUT2D eigenvalue weighted by Gasteiger charge is 2.11. The van der Waals surface area contributed by atoms with E-state index in [1.165, 1.54) is 5.56 Å². The zero-order chi connectivity index (χ0) is 14.5. The number of benzene rings is 1. The van der Waals surface area contributed by atoms with Gasteiger partial charge < -0.3 is 10.1 Å². The van der Waals surface area contributed by atoms with Gasteiger partial charge in [-0.25, -0.2) is 4.98 Å². The molecule has 4 heteroatoms. The van der Waals surface area contributed by atoms with Gasteiger partial charge in [-0.15, -0.1) is 0 Å². The molecule has 4 nitrogen and oxygen atoms in total. The lowest BCUT2D eigenvalue weighted by Gasteiger charge is -2.14. The Labute approximate surface area is 120 Å². The molecule has 0 aliphatic rings. The number of anilines is 1. The summed E-state index contributed by atoms with van der Waals surface area (Å²) < 4.78 is 6.00. The summed E-state index contributed by atoms with van der Waals surface area (Å²) in [5, 5.41) is 3.10. The molecule has 1 aromatic heterocycles. The number of nitrogens with one attached hydrogen (secondary N) is 1. The van der Waals surface area contributed by atoms with E-state index in [1.807, 2.05) is 32.0 Å². The van der Waals surface area contributed by atoms with Crippen molar-refractivity contribution in [2.75, 3.05) is 11.9 Å². The van der Waals surface area contributed by atoms with Gasteiger partial charge >= 0.3 is 0 Å². The number of aromatic nitrogens is 2. The Hall–Kier alpha value is -2.10. The molecule has 0 aliphatic heterocycles. The van der Waals surface area contributed by atoms with Gasteiger partial charge in [-0.05, 0) is 31.4 Å². The van der Waals surface area contributed by atoms with Gasteiger partial charge in [-0.3, -0.25) is 0 Å². The van der Waals surface area contributed by atoms with Gasteiger partial charge in [0.1, 0.15) is 5.75 Å². The fourth-order valence-corrected chi connectivity index (χ4v) is 1.93. The number of hydrogen-bond acceptors (Lipinski definition) is 4. The Balaban J connectivity index is 2.32. The molecule has 0 atom stereocenters. The molecule has 0 radical (unpaired) electrons. The van der Waals surface area contributed by atoms with E-state index in [0.29, 0.717) is 17.7 Å². The summed E-state index contributed by atoms with van der Waals surface area (Å²) in [7, 11) is 0. The quantitative estimate of drug-likeness (QED) is 0.888. The average molecular weight is 271 g/mol. The number of aryl methyl sites for hydroxylation is 1. The van der Waals surface area contributed by atoms with Gasteiger partial charge in [-0.1, -0.05) is 32.0 Å². The average Bonchev–Trinajstić information content (AvgIpc) is 2.43. The first-order chi connectivity index (χ1) is 9.61. The van der Waals surface area contributed by atoms with Crippen molar-refractivity contribution >= 4 is 5.95 Å². The number of ether oxygens (including phenoxy) is 1. The summed E-state index contributed by atoms with van der Waals surface area (Å²) in [6.45, 7) is 9.05. The van der Waals surface area contributed by atoms with Crippen molar-refractivity contribution in [1.29, 1.82) is 0 Å². The maximum Gasteiger partial charge on any atom is 0.226 e. The highest BCUT2D eigenvalue weighted by molar-refractivity contribution is 5.41. The number of hydrogen-bond donors (Lipinski definition) is 1. The molecule has 106 valence electrons. The number of nitrogens with zero attached hydrogens (tertiary/aromatic N) is 2. The van der Waals surface area contributed by atoms with Gasteiger partial charge in [-0.2, -0.15) is 4.98 Å². The van der Waals surface area contributed by atoms with Gasteiger partial charge in [0.25, 0.3) is 0 Å². The smallest absolute Gasteiger partial charge is 0.226 e. The van der Waals surface area contributed by atoms with Crippen LogP contribution < -0.4 is 10.1 Å². The zero-order valence-electron chi connectivity index (χ0n) is 12.5. The molecule has 0 unspecified atom stereocenters. The first-order valence-corrected chi connectivity index (χ1v) is 6.96. The topological polar surface area (TPSA) is 47.0 Å². The molecule has 1 heterocycles. The summed E-state index contributed by atoms with van der Waals surface area (Å²) in [5.74, 6) is 2.45. The van der Waals surface area contributed by atoms with Crippen LogP contribution in [-0.2, 0) is 0 Å². The maximum atomic E-state index is 6.00. The lowest BCUT2D eigenvalue weighted by atomic mass is 10.0. The fourth-order valence-electron chi connectivity index (χ4n) is 1.93. The van der Waals surface area contributed by atoms with E-state index in [-0.39, 0.29) is 0 Å². The van der Waals surface area contributed by atoms with E-state index >= 15 is 0 Å². The minimum absolute atomic E-state index is 0.404. The predicted molar refractivity (Wildman–Crippen MR) is 81.5 cm³/mol. The molecule has 0 fully saturated rings. The predicted octanol–water partition coefficient (Wildman–Crippen LogP) is 4.13. The van der Waals surface area contributed by atoms with Crippen LogP contribution in [0.3, 0.4) is 0 Å². The molecule has 0 saturated carbocycles. The second-order valence-electron chi connectivity index (χ2n) is 5.01. The zero-order valence-corrected chi connectivity index (χ0v) is 12.5. The van der Waals surface area contributed by atoms with Crippen molar-refractivity contribution in [3.63, 3.8) is 0 Å². The van der Waals surface area contributed by atoms with Crippen LogP contribution in [0, 0.1) is 6.92 Å².